The number of hydrogen-bond donors (Lipinski definition) is 0. The maximum Gasteiger partial charge on any atom is 0.340 e. The summed E-state index contributed by atoms with van der Waals surface area (Å²) in [4.78, 5) is 19.6. The lowest BCUT2D eigenvalue weighted by molar-refractivity contribution is -0.0216. The molecular formula is C19H24N2O3. The molecule has 0 aliphatic carbocycles. The van der Waals surface area contributed by atoms with Crippen LogP contribution in [0, 0.1) is 6.92 Å². The van der Waals surface area contributed by atoms with Crippen molar-refractivity contribution in [3.8, 4) is 0 Å². The summed E-state index contributed by atoms with van der Waals surface area (Å²) in [6.07, 6.45) is 0.200. The molecule has 0 saturated carbocycles. The van der Waals surface area contributed by atoms with Crippen molar-refractivity contribution in [2.45, 2.75) is 33.4 Å². The summed E-state index contributed by atoms with van der Waals surface area (Å²) in [6.45, 7) is 9.26. The molecule has 0 amide bonds. The quantitative estimate of drug-likeness (QED) is 0.808. The second kappa shape index (κ2) is 7.28. The number of fused-ring (bicyclic) bond motifs is 1. The molecule has 5 heteroatoms. The molecule has 24 heavy (non-hydrogen) atoms. The van der Waals surface area contributed by atoms with Gasteiger partial charge in [-0.2, -0.15) is 0 Å². The zero-order valence-electron chi connectivity index (χ0n) is 14.5. The molecule has 5 nitrogen and oxygen atoms in total. The zero-order chi connectivity index (χ0) is 17.1. The zero-order valence-corrected chi connectivity index (χ0v) is 14.5. The lowest BCUT2D eigenvalue weighted by Gasteiger charge is -2.31. The van der Waals surface area contributed by atoms with Crippen molar-refractivity contribution in [1.82, 2.24) is 9.88 Å². The summed E-state index contributed by atoms with van der Waals surface area (Å²) in [5.74, 6) is -0.287. The van der Waals surface area contributed by atoms with Gasteiger partial charge < -0.3 is 9.47 Å². The summed E-state index contributed by atoms with van der Waals surface area (Å²) in [5.41, 5.74) is 3.25. The second-order valence-electron chi connectivity index (χ2n) is 6.21. The maximum atomic E-state index is 12.5. The van der Waals surface area contributed by atoms with E-state index in [-0.39, 0.29) is 12.1 Å². The number of ether oxygens (including phenoxy) is 2. The van der Waals surface area contributed by atoms with Crippen LogP contribution >= 0.6 is 0 Å². The Bertz CT molecular complexity index is 745. The monoisotopic (exact) mass is 328 g/mol. The third-order valence-corrected chi connectivity index (χ3v) is 4.41. The van der Waals surface area contributed by atoms with Crippen molar-refractivity contribution in [3.05, 3.63) is 41.1 Å². The van der Waals surface area contributed by atoms with Crippen LogP contribution in [0.1, 0.15) is 35.5 Å². The van der Waals surface area contributed by atoms with E-state index in [0.717, 1.165) is 35.2 Å². The molecule has 1 unspecified atom stereocenters. The van der Waals surface area contributed by atoms with Crippen LogP contribution in [-0.2, 0) is 16.0 Å². The molecule has 1 aliphatic rings. The Kier molecular flexibility index (Phi) is 5.11. The van der Waals surface area contributed by atoms with E-state index >= 15 is 0 Å². The molecule has 0 radical (unpaired) electrons. The molecule has 0 bridgehead atoms. The van der Waals surface area contributed by atoms with Gasteiger partial charge >= 0.3 is 5.97 Å². The van der Waals surface area contributed by atoms with Crippen molar-refractivity contribution in [2.24, 2.45) is 0 Å². The lowest BCUT2D eigenvalue weighted by atomic mass is 10.0. The van der Waals surface area contributed by atoms with Gasteiger partial charge in [0, 0.05) is 25.0 Å². The van der Waals surface area contributed by atoms with Crippen molar-refractivity contribution in [3.63, 3.8) is 0 Å². The lowest BCUT2D eigenvalue weighted by Crippen LogP contribution is -2.41. The minimum absolute atomic E-state index is 0.200. The predicted molar refractivity (Wildman–Crippen MR) is 93.1 cm³/mol. The number of para-hydroxylation sites is 1. The third kappa shape index (κ3) is 3.42. The SMILES string of the molecule is CCOC(=O)c1c(CN2CCOC(C)C2)nc2ccccc2c1C. The highest BCUT2D eigenvalue weighted by Crippen LogP contribution is 2.25. The number of esters is 1. The summed E-state index contributed by atoms with van der Waals surface area (Å²) >= 11 is 0. The Labute approximate surface area is 142 Å². The Morgan fingerprint density at radius 1 is 1.42 bits per heavy atom. The van der Waals surface area contributed by atoms with Crippen molar-refractivity contribution in [2.75, 3.05) is 26.3 Å². The van der Waals surface area contributed by atoms with Crippen LogP contribution in [0.3, 0.4) is 0 Å². The Morgan fingerprint density at radius 2 is 2.21 bits per heavy atom. The molecule has 1 aromatic carbocycles. The highest BCUT2D eigenvalue weighted by molar-refractivity contribution is 5.98. The average molecular weight is 328 g/mol. The van der Waals surface area contributed by atoms with E-state index < -0.39 is 0 Å². The van der Waals surface area contributed by atoms with E-state index in [4.69, 9.17) is 14.5 Å². The molecule has 2 heterocycles. The fourth-order valence-corrected chi connectivity index (χ4v) is 3.28. The molecule has 1 saturated heterocycles. The first-order valence-corrected chi connectivity index (χ1v) is 8.49. The molecule has 0 N–H and O–H groups in total. The van der Waals surface area contributed by atoms with Crippen molar-refractivity contribution in [1.29, 1.82) is 0 Å². The first kappa shape index (κ1) is 16.9. The molecule has 3 rings (SSSR count). The molecular weight excluding hydrogens is 304 g/mol. The van der Waals surface area contributed by atoms with Gasteiger partial charge in [-0.15, -0.1) is 0 Å². The maximum absolute atomic E-state index is 12.5. The van der Waals surface area contributed by atoms with Crippen LogP contribution < -0.4 is 0 Å². The molecule has 1 aromatic heterocycles. The van der Waals surface area contributed by atoms with Gasteiger partial charge in [0.05, 0.1) is 36.1 Å². The van der Waals surface area contributed by atoms with Gasteiger partial charge in [0.1, 0.15) is 0 Å². The standard InChI is InChI=1S/C19H24N2O3/c1-4-23-19(22)18-14(3)15-7-5-6-8-16(15)20-17(18)12-21-9-10-24-13(2)11-21/h5-8,13H,4,9-12H2,1-3H3. The minimum atomic E-state index is -0.287. The number of aromatic nitrogens is 1. The average Bonchev–Trinajstić information content (AvgIpc) is 2.55. The van der Waals surface area contributed by atoms with Crippen molar-refractivity contribution < 1.29 is 14.3 Å². The van der Waals surface area contributed by atoms with Gasteiger partial charge in [-0.25, -0.2) is 4.79 Å². The predicted octanol–water partition coefficient (Wildman–Crippen LogP) is 2.94. The van der Waals surface area contributed by atoms with E-state index in [1.807, 2.05) is 38.1 Å². The summed E-state index contributed by atoms with van der Waals surface area (Å²) in [5, 5.41) is 1.000. The van der Waals surface area contributed by atoms with Crippen LogP contribution in [0.25, 0.3) is 10.9 Å². The Morgan fingerprint density at radius 3 is 2.96 bits per heavy atom. The first-order chi connectivity index (χ1) is 11.6. The van der Waals surface area contributed by atoms with Gasteiger partial charge in [0.25, 0.3) is 0 Å². The number of carbonyl (C=O) groups excluding carboxylic acids is 1. The molecule has 1 atom stereocenters. The van der Waals surface area contributed by atoms with Crippen LogP contribution in [0.4, 0.5) is 0 Å². The second-order valence-corrected chi connectivity index (χ2v) is 6.21. The number of nitrogens with zero attached hydrogens (tertiary/aromatic N) is 2. The van der Waals surface area contributed by atoms with Gasteiger partial charge in [-0.1, -0.05) is 18.2 Å². The molecule has 1 fully saturated rings. The Balaban J connectivity index is 2.03. The highest BCUT2D eigenvalue weighted by Gasteiger charge is 2.23. The van der Waals surface area contributed by atoms with E-state index in [1.54, 1.807) is 0 Å². The molecule has 0 spiro atoms. The number of rotatable bonds is 4. The van der Waals surface area contributed by atoms with E-state index in [9.17, 15) is 4.79 Å². The van der Waals surface area contributed by atoms with Crippen molar-refractivity contribution >= 4 is 16.9 Å². The largest absolute Gasteiger partial charge is 0.462 e. The summed E-state index contributed by atoms with van der Waals surface area (Å²) in [7, 11) is 0. The van der Waals surface area contributed by atoms with Gasteiger partial charge in [-0.05, 0) is 32.4 Å². The number of hydrogen-bond acceptors (Lipinski definition) is 5. The van der Waals surface area contributed by atoms with Gasteiger partial charge in [0.15, 0.2) is 0 Å². The molecule has 128 valence electrons. The number of benzene rings is 1. The van der Waals surface area contributed by atoms with Gasteiger partial charge in [0.2, 0.25) is 0 Å². The summed E-state index contributed by atoms with van der Waals surface area (Å²) in [6, 6.07) is 7.93. The minimum Gasteiger partial charge on any atom is -0.462 e. The first-order valence-electron chi connectivity index (χ1n) is 8.49. The number of aryl methyl sites for hydroxylation is 1. The Hall–Kier alpha value is -1.98. The van der Waals surface area contributed by atoms with Crippen LogP contribution in [0.5, 0.6) is 0 Å². The van der Waals surface area contributed by atoms with Crippen LogP contribution in [-0.4, -0.2) is 48.3 Å². The van der Waals surface area contributed by atoms with E-state index in [1.165, 1.54) is 0 Å². The normalized spacial score (nSPS) is 18.7. The smallest absolute Gasteiger partial charge is 0.340 e. The van der Waals surface area contributed by atoms with E-state index in [2.05, 4.69) is 11.8 Å². The molecule has 1 aliphatic heterocycles. The molecule has 2 aromatic rings. The van der Waals surface area contributed by atoms with Gasteiger partial charge in [-0.3, -0.25) is 9.88 Å². The number of morpholine rings is 1. The highest BCUT2D eigenvalue weighted by atomic mass is 16.5. The topological polar surface area (TPSA) is 51.7 Å². The van der Waals surface area contributed by atoms with E-state index in [0.29, 0.717) is 25.3 Å². The third-order valence-electron chi connectivity index (χ3n) is 4.41. The number of carbonyl (C=O) groups is 1. The fourth-order valence-electron chi connectivity index (χ4n) is 3.28. The fraction of sp³-hybridized carbons (Fsp3) is 0.474. The van der Waals surface area contributed by atoms with Crippen LogP contribution in [0.2, 0.25) is 0 Å². The summed E-state index contributed by atoms with van der Waals surface area (Å²) < 4.78 is 10.9. The van der Waals surface area contributed by atoms with Crippen LogP contribution in [0.15, 0.2) is 24.3 Å². The number of pyridine rings is 1.